The summed E-state index contributed by atoms with van der Waals surface area (Å²) in [6.45, 7) is 2.42. The van der Waals surface area contributed by atoms with Gasteiger partial charge >= 0.3 is 5.97 Å². The average Bonchev–Trinajstić information content (AvgIpc) is 2.46. The normalized spacial score (nSPS) is 18.6. The van der Waals surface area contributed by atoms with Gasteiger partial charge in [0.2, 0.25) is 0 Å². The Bertz CT molecular complexity index is 485. The second-order valence-electron chi connectivity index (χ2n) is 4.62. The van der Waals surface area contributed by atoms with Gasteiger partial charge in [-0.25, -0.2) is 4.79 Å². The number of aliphatic carboxylic acids is 1. The Morgan fingerprint density at radius 1 is 1.40 bits per heavy atom. The Morgan fingerprint density at radius 3 is 2.75 bits per heavy atom. The minimum absolute atomic E-state index is 0.0194. The molecule has 0 saturated carbocycles. The Balaban J connectivity index is 1.93. The van der Waals surface area contributed by atoms with E-state index < -0.39 is 12.0 Å². The molecule has 1 aromatic rings. The molecule has 1 N–H and O–H groups in total. The minimum Gasteiger partial charge on any atom is -0.484 e. The molecule has 2 rings (SSSR count). The van der Waals surface area contributed by atoms with Gasteiger partial charge in [0.15, 0.2) is 12.6 Å². The number of benzene rings is 1. The third-order valence-corrected chi connectivity index (χ3v) is 3.12. The van der Waals surface area contributed by atoms with Gasteiger partial charge in [-0.3, -0.25) is 4.79 Å². The molecule has 1 saturated heterocycles. The van der Waals surface area contributed by atoms with Gasteiger partial charge in [0, 0.05) is 6.54 Å². The van der Waals surface area contributed by atoms with E-state index in [1.807, 2.05) is 19.1 Å². The molecule has 0 spiro atoms. The Hall–Kier alpha value is -2.08. The van der Waals surface area contributed by atoms with Gasteiger partial charge in [-0.05, 0) is 19.1 Å². The van der Waals surface area contributed by atoms with Gasteiger partial charge in [-0.2, -0.15) is 0 Å². The van der Waals surface area contributed by atoms with Gasteiger partial charge in [-0.1, -0.05) is 17.7 Å². The highest BCUT2D eigenvalue weighted by Crippen LogP contribution is 2.13. The number of carboxylic acids is 1. The third kappa shape index (κ3) is 3.48. The number of ether oxygens (including phenoxy) is 2. The summed E-state index contributed by atoms with van der Waals surface area (Å²) in [5.41, 5.74) is 1.10. The maximum absolute atomic E-state index is 12.0. The van der Waals surface area contributed by atoms with E-state index in [4.69, 9.17) is 14.6 Å². The number of hydrogen-bond donors (Lipinski definition) is 1. The standard InChI is InChI=1S/C14H17NO5/c1-10-2-4-11(5-3-10)20-9-13(16)15-6-7-19-8-12(15)14(17)18/h2-5,12H,6-9H2,1H3,(H,17,18)/t12-/m0/s1. The summed E-state index contributed by atoms with van der Waals surface area (Å²) in [5, 5.41) is 9.06. The Morgan fingerprint density at radius 2 is 2.10 bits per heavy atom. The zero-order valence-corrected chi connectivity index (χ0v) is 11.2. The van der Waals surface area contributed by atoms with Crippen LogP contribution in [-0.4, -0.2) is 54.3 Å². The molecule has 20 heavy (non-hydrogen) atoms. The number of hydrogen-bond acceptors (Lipinski definition) is 4. The van der Waals surface area contributed by atoms with Crippen LogP contribution in [0.3, 0.4) is 0 Å². The van der Waals surface area contributed by atoms with Crippen LogP contribution in [0.1, 0.15) is 5.56 Å². The SMILES string of the molecule is Cc1ccc(OCC(=O)N2CCOC[C@H]2C(=O)O)cc1. The highest BCUT2D eigenvalue weighted by atomic mass is 16.5. The summed E-state index contributed by atoms with van der Waals surface area (Å²) in [6, 6.07) is 6.38. The average molecular weight is 279 g/mol. The maximum atomic E-state index is 12.0. The largest absolute Gasteiger partial charge is 0.484 e. The highest BCUT2D eigenvalue weighted by Gasteiger charge is 2.32. The molecule has 6 heteroatoms. The number of amides is 1. The van der Waals surface area contributed by atoms with Gasteiger partial charge in [0.05, 0.1) is 13.2 Å². The number of rotatable bonds is 4. The first-order chi connectivity index (χ1) is 9.58. The van der Waals surface area contributed by atoms with Crippen LogP contribution in [-0.2, 0) is 14.3 Å². The quantitative estimate of drug-likeness (QED) is 0.877. The molecule has 1 heterocycles. The van der Waals surface area contributed by atoms with Crippen LogP contribution in [0.25, 0.3) is 0 Å². The first-order valence-electron chi connectivity index (χ1n) is 6.37. The predicted octanol–water partition coefficient (Wildman–Crippen LogP) is 0.686. The number of aryl methyl sites for hydroxylation is 1. The fraction of sp³-hybridized carbons (Fsp3) is 0.429. The molecule has 0 bridgehead atoms. The molecular weight excluding hydrogens is 262 g/mol. The molecule has 1 aromatic carbocycles. The van der Waals surface area contributed by atoms with E-state index in [9.17, 15) is 9.59 Å². The smallest absolute Gasteiger partial charge is 0.328 e. The van der Waals surface area contributed by atoms with E-state index in [1.54, 1.807) is 12.1 Å². The van der Waals surface area contributed by atoms with Gasteiger partial charge < -0.3 is 19.5 Å². The molecular formula is C14H17NO5. The monoisotopic (exact) mass is 279 g/mol. The molecule has 0 aliphatic carbocycles. The highest BCUT2D eigenvalue weighted by molar-refractivity contribution is 5.84. The molecule has 1 aliphatic rings. The lowest BCUT2D eigenvalue weighted by atomic mass is 10.2. The van der Waals surface area contributed by atoms with Crippen LogP contribution < -0.4 is 4.74 Å². The van der Waals surface area contributed by atoms with E-state index in [0.717, 1.165) is 5.56 Å². The van der Waals surface area contributed by atoms with Crippen molar-refractivity contribution in [2.45, 2.75) is 13.0 Å². The van der Waals surface area contributed by atoms with Gasteiger partial charge in [-0.15, -0.1) is 0 Å². The van der Waals surface area contributed by atoms with Crippen molar-refractivity contribution in [3.8, 4) is 5.75 Å². The Kier molecular flexibility index (Phi) is 4.57. The summed E-state index contributed by atoms with van der Waals surface area (Å²) < 4.78 is 10.5. The number of carbonyl (C=O) groups excluding carboxylic acids is 1. The summed E-state index contributed by atoms with van der Waals surface area (Å²) in [6.07, 6.45) is 0. The summed E-state index contributed by atoms with van der Waals surface area (Å²) in [4.78, 5) is 24.4. The predicted molar refractivity (Wildman–Crippen MR) is 70.6 cm³/mol. The Labute approximate surface area is 116 Å². The van der Waals surface area contributed by atoms with E-state index in [1.165, 1.54) is 4.90 Å². The summed E-state index contributed by atoms with van der Waals surface area (Å²) in [7, 11) is 0. The molecule has 108 valence electrons. The summed E-state index contributed by atoms with van der Waals surface area (Å²) >= 11 is 0. The van der Waals surface area contributed by atoms with Crippen molar-refractivity contribution in [2.75, 3.05) is 26.4 Å². The second-order valence-corrected chi connectivity index (χ2v) is 4.62. The number of carbonyl (C=O) groups is 2. The van der Waals surface area contributed by atoms with Crippen molar-refractivity contribution in [3.63, 3.8) is 0 Å². The van der Waals surface area contributed by atoms with Crippen LogP contribution >= 0.6 is 0 Å². The van der Waals surface area contributed by atoms with E-state index in [0.29, 0.717) is 12.4 Å². The van der Waals surface area contributed by atoms with E-state index in [2.05, 4.69) is 0 Å². The number of morpholine rings is 1. The van der Waals surface area contributed by atoms with Crippen molar-refractivity contribution >= 4 is 11.9 Å². The number of nitrogens with zero attached hydrogens (tertiary/aromatic N) is 1. The molecule has 0 radical (unpaired) electrons. The second kappa shape index (κ2) is 6.38. The molecule has 1 amide bonds. The summed E-state index contributed by atoms with van der Waals surface area (Å²) in [5.74, 6) is -0.821. The van der Waals surface area contributed by atoms with Crippen LogP contribution in [0.4, 0.5) is 0 Å². The van der Waals surface area contributed by atoms with Gasteiger partial charge in [0.1, 0.15) is 5.75 Å². The van der Waals surface area contributed by atoms with Gasteiger partial charge in [0.25, 0.3) is 5.91 Å². The lowest BCUT2D eigenvalue weighted by molar-refractivity contribution is -0.159. The van der Waals surface area contributed by atoms with E-state index in [-0.39, 0.29) is 25.7 Å². The first kappa shape index (κ1) is 14.3. The van der Waals surface area contributed by atoms with Crippen molar-refractivity contribution < 1.29 is 24.2 Å². The van der Waals surface area contributed by atoms with E-state index >= 15 is 0 Å². The molecule has 0 aromatic heterocycles. The fourth-order valence-electron chi connectivity index (χ4n) is 1.97. The van der Waals surface area contributed by atoms with Crippen LogP contribution in [0, 0.1) is 6.92 Å². The zero-order chi connectivity index (χ0) is 14.5. The molecule has 1 atom stereocenters. The topological polar surface area (TPSA) is 76.1 Å². The first-order valence-corrected chi connectivity index (χ1v) is 6.37. The molecule has 1 aliphatic heterocycles. The van der Waals surface area contributed by atoms with Crippen LogP contribution in [0.5, 0.6) is 5.75 Å². The molecule has 6 nitrogen and oxygen atoms in total. The molecule has 0 unspecified atom stereocenters. The minimum atomic E-state index is -1.06. The van der Waals surface area contributed by atoms with Crippen molar-refractivity contribution in [2.24, 2.45) is 0 Å². The lowest BCUT2D eigenvalue weighted by Gasteiger charge is -2.32. The molecule has 1 fully saturated rings. The zero-order valence-electron chi connectivity index (χ0n) is 11.2. The van der Waals surface area contributed by atoms with Crippen LogP contribution in [0.15, 0.2) is 24.3 Å². The fourth-order valence-corrected chi connectivity index (χ4v) is 1.97. The lowest BCUT2D eigenvalue weighted by Crippen LogP contribution is -2.53. The van der Waals surface area contributed by atoms with Crippen molar-refractivity contribution in [1.82, 2.24) is 4.90 Å². The van der Waals surface area contributed by atoms with Crippen molar-refractivity contribution in [3.05, 3.63) is 29.8 Å². The number of carboxylic acid groups (broad SMARTS) is 1. The third-order valence-electron chi connectivity index (χ3n) is 3.12. The van der Waals surface area contributed by atoms with Crippen LogP contribution in [0.2, 0.25) is 0 Å². The van der Waals surface area contributed by atoms with Crippen molar-refractivity contribution in [1.29, 1.82) is 0 Å². The maximum Gasteiger partial charge on any atom is 0.328 e.